The monoisotopic (exact) mass is 253 g/mol. The molecule has 0 aliphatic carbocycles. The van der Waals surface area contributed by atoms with E-state index >= 15 is 0 Å². The molecule has 1 heterocycles. The Morgan fingerprint density at radius 1 is 1.61 bits per heavy atom. The van der Waals surface area contributed by atoms with E-state index in [9.17, 15) is 14.9 Å². The first-order chi connectivity index (χ1) is 8.21. The minimum Gasteiger partial charge on any atom is -0.481 e. The predicted octanol–water partition coefficient (Wildman–Crippen LogP) is 1.96. The van der Waals surface area contributed by atoms with Crippen molar-refractivity contribution >= 4 is 17.5 Å². The van der Waals surface area contributed by atoms with Crippen LogP contribution in [-0.2, 0) is 4.79 Å². The van der Waals surface area contributed by atoms with Gasteiger partial charge in [0.1, 0.15) is 12.0 Å². The van der Waals surface area contributed by atoms with Crippen LogP contribution in [0.3, 0.4) is 0 Å². The Kier molecular flexibility index (Phi) is 3.85. The first kappa shape index (κ1) is 13.9. The standard InChI is InChI=1S/C11H15N3O4/c1-7-4-8(14(17)18)6-12-10(7)13-11(2,3)5-9(15)16/h4,6H,5H2,1-3H3,(H,12,13)(H,15,16). The zero-order valence-corrected chi connectivity index (χ0v) is 10.4. The van der Waals surface area contributed by atoms with E-state index in [0.29, 0.717) is 11.4 Å². The predicted molar refractivity (Wildman–Crippen MR) is 65.6 cm³/mol. The van der Waals surface area contributed by atoms with E-state index in [0.717, 1.165) is 6.20 Å². The maximum atomic E-state index is 10.7. The third-order valence-electron chi connectivity index (χ3n) is 2.32. The van der Waals surface area contributed by atoms with Gasteiger partial charge in [0.25, 0.3) is 5.69 Å². The minimum atomic E-state index is -0.924. The highest BCUT2D eigenvalue weighted by Crippen LogP contribution is 2.22. The molecule has 18 heavy (non-hydrogen) atoms. The molecule has 1 rings (SSSR count). The van der Waals surface area contributed by atoms with Gasteiger partial charge >= 0.3 is 5.97 Å². The van der Waals surface area contributed by atoms with Crippen molar-refractivity contribution < 1.29 is 14.8 Å². The van der Waals surface area contributed by atoms with Crippen molar-refractivity contribution in [3.05, 3.63) is 27.9 Å². The molecule has 0 radical (unpaired) electrons. The highest BCUT2D eigenvalue weighted by Gasteiger charge is 2.23. The van der Waals surface area contributed by atoms with Gasteiger partial charge in [-0.1, -0.05) is 0 Å². The second kappa shape index (κ2) is 4.99. The maximum absolute atomic E-state index is 10.7. The van der Waals surface area contributed by atoms with Crippen molar-refractivity contribution in [3.63, 3.8) is 0 Å². The molecule has 0 aliphatic rings. The van der Waals surface area contributed by atoms with Crippen LogP contribution in [0.4, 0.5) is 11.5 Å². The van der Waals surface area contributed by atoms with Crippen LogP contribution in [0.25, 0.3) is 0 Å². The summed E-state index contributed by atoms with van der Waals surface area (Å²) >= 11 is 0. The summed E-state index contributed by atoms with van der Waals surface area (Å²) in [4.78, 5) is 24.7. The van der Waals surface area contributed by atoms with E-state index in [2.05, 4.69) is 10.3 Å². The fourth-order valence-electron chi connectivity index (χ4n) is 1.53. The number of nitrogens with zero attached hydrogens (tertiary/aromatic N) is 2. The molecule has 0 bridgehead atoms. The van der Waals surface area contributed by atoms with Gasteiger partial charge in [-0.2, -0.15) is 0 Å². The van der Waals surface area contributed by atoms with Crippen molar-refractivity contribution in [2.24, 2.45) is 0 Å². The number of aromatic nitrogens is 1. The van der Waals surface area contributed by atoms with Gasteiger partial charge in [-0.15, -0.1) is 0 Å². The summed E-state index contributed by atoms with van der Waals surface area (Å²) in [5.74, 6) is -0.473. The van der Waals surface area contributed by atoms with Crippen molar-refractivity contribution in [2.75, 3.05) is 5.32 Å². The van der Waals surface area contributed by atoms with Crippen LogP contribution >= 0.6 is 0 Å². The molecule has 0 unspecified atom stereocenters. The molecule has 1 aromatic rings. The molecule has 0 aliphatic heterocycles. The van der Waals surface area contributed by atoms with Gasteiger partial charge in [0.2, 0.25) is 0 Å². The number of rotatable bonds is 5. The number of carboxylic acids is 1. The molecular weight excluding hydrogens is 238 g/mol. The average Bonchev–Trinajstić information content (AvgIpc) is 2.18. The van der Waals surface area contributed by atoms with E-state index < -0.39 is 16.4 Å². The second-order valence-electron chi connectivity index (χ2n) is 4.70. The van der Waals surface area contributed by atoms with E-state index in [-0.39, 0.29) is 12.1 Å². The smallest absolute Gasteiger partial charge is 0.305 e. The Bertz CT molecular complexity index is 485. The SMILES string of the molecule is Cc1cc([N+](=O)[O-])cnc1NC(C)(C)CC(=O)O. The normalized spacial score (nSPS) is 11.1. The fourth-order valence-corrected chi connectivity index (χ4v) is 1.53. The average molecular weight is 253 g/mol. The Hall–Kier alpha value is -2.18. The number of anilines is 1. The summed E-state index contributed by atoms with van der Waals surface area (Å²) < 4.78 is 0. The summed E-state index contributed by atoms with van der Waals surface area (Å²) in [7, 11) is 0. The van der Waals surface area contributed by atoms with Crippen LogP contribution in [0.15, 0.2) is 12.3 Å². The number of hydrogen-bond donors (Lipinski definition) is 2. The molecule has 1 aromatic heterocycles. The number of pyridine rings is 1. The third kappa shape index (κ3) is 3.69. The second-order valence-corrected chi connectivity index (χ2v) is 4.70. The van der Waals surface area contributed by atoms with Crippen molar-refractivity contribution in [1.82, 2.24) is 4.98 Å². The highest BCUT2D eigenvalue weighted by atomic mass is 16.6. The molecule has 2 N–H and O–H groups in total. The number of nitrogens with one attached hydrogen (secondary N) is 1. The third-order valence-corrected chi connectivity index (χ3v) is 2.32. The number of aliphatic carboxylic acids is 1. The summed E-state index contributed by atoms with van der Waals surface area (Å²) in [6.07, 6.45) is 1.07. The van der Waals surface area contributed by atoms with E-state index in [1.807, 2.05) is 0 Å². The van der Waals surface area contributed by atoms with Crippen LogP contribution in [0, 0.1) is 17.0 Å². The summed E-state index contributed by atoms with van der Waals surface area (Å²) in [5.41, 5.74) is -0.170. The van der Waals surface area contributed by atoms with Crippen LogP contribution in [0.1, 0.15) is 25.8 Å². The molecular formula is C11H15N3O4. The van der Waals surface area contributed by atoms with E-state index in [1.165, 1.54) is 6.07 Å². The van der Waals surface area contributed by atoms with Crippen LogP contribution < -0.4 is 5.32 Å². The van der Waals surface area contributed by atoms with Gasteiger partial charge in [-0.05, 0) is 26.3 Å². The lowest BCUT2D eigenvalue weighted by Crippen LogP contribution is -2.34. The Labute approximate surface area is 104 Å². The van der Waals surface area contributed by atoms with Gasteiger partial charge in [-0.3, -0.25) is 14.9 Å². The summed E-state index contributed by atoms with van der Waals surface area (Å²) in [6, 6.07) is 1.40. The van der Waals surface area contributed by atoms with E-state index in [4.69, 9.17) is 5.11 Å². The topological polar surface area (TPSA) is 105 Å². The molecule has 0 atom stereocenters. The van der Waals surface area contributed by atoms with Crippen molar-refractivity contribution in [1.29, 1.82) is 0 Å². The van der Waals surface area contributed by atoms with Crippen LogP contribution in [-0.4, -0.2) is 26.5 Å². The van der Waals surface area contributed by atoms with E-state index in [1.54, 1.807) is 20.8 Å². The zero-order valence-electron chi connectivity index (χ0n) is 10.4. The molecule has 0 amide bonds. The molecule has 0 spiro atoms. The largest absolute Gasteiger partial charge is 0.481 e. The first-order valence-corrected chi connectivity index (χ1v) is 5.32. The molecule has 0 saturated heterocycles. The minimum absolute atomic E-state index is 0.0783. The zero-order chi connectivity index (χ0) is 13.9. The summed E-state index contributed by atoms with van der Waals surface area (Å²) in [6.45, 7) is 5.13. The first-order valence-electron chi connectivity index (χ1n) is 5.32. The van der Waals surface area contributed by atoms with Gasteiger partial charge < -0.3 is 10.4 Å². The highest BCUT2D eigenvalue weighted by molar-refractivity contribution is 5.69. The number of hydrogen-bond acceptors (Lipinski definition) is 5. The van der Waals surface area contributed by atoms with Crippen molar-refractivity contribution in [2.45, 2.75) is 32.7 Å². The van der Waals surface area contributed by atoms with Gasteiger partial charge in [-0.25, -0.2) is 4.98 Å². The molecule has 7 heteroatoms. The Balaban J connectivity index is 2.92. The number of aryl methyl sites for hydroxylation is 1. The lowest BCUT2D eigenvalue weighted by atomic mass is 10.0. The Morgan fingerprint density at radius 3 is 2.67 bits per heavy atom. The quantitative estimate of drug-likeness (QED) is 0.613. The Morgan fingerprint density at radius 2 is 2.22 bits per heavy atom. The molecule has 7 nitrogen and oxygen atoms in total. The molecule has 0 fully saturated rings. The molecule has 98 valence electrons. The van der Waals surface area contributed by atoms with Gasteiger partial charge in [0.15, 0.2) is 0 Å². The van der Waals surface area contributed by atoms with Gasteiger partial charge in [0.05, 0.1) is 11.3 Å². The number of nitro groups is 1. The van der Waals surface area contributed by atoms with Crippen LogP contribution in [0.2, 0.25) is 0 Å². The number of carbonyl (C=O) groups is 1. The lowest BCUT2D eigenvalue weighted by Gasteiger charge is -2.25. The summed E-state index contributed by atoms with van der Waals surface area (Å²) in [5, 5.41) is 22.3. The molecule has 0 saturated carbocycles. The fraction of sp³-hybridized carbons (Fsp3) is 0.455. The van der Waals surface area contributed by atoms with Crippen molar-refractivity contribution in [3.8, 4) is 0 Å². The lowest BCUT2D eigenvalue weighted by molar-refractivity contribution is -0.385. The molecule has 0 aromatic carbocycles. The number of carboxylic acid groups (broad SMARTS) is 1. The van der Waals surface area contributed by atoms with Crippen LogP contribution in [0.5, 0.6) is 0 Å². The van der Waals surface area contributed by atoms with Gasteiger partial charge in [0, 0.05) is 11.6 Å². The maximum Gasteiger partial charge on any atom is 0.305 e.